The van der Waals surface area contributed by atoms with E-state index in [1.165, 1.54) is 0 Å². The van der Waals surface area contributed by atoms with Crippen LogP contribution in [0.5, 0.6) is 5.75 Å². The highest BCUT2D eigenvalue weighted by molar-refractivity contribution is 5.81. The number of hydrogen-bond acceptors (Lipinski definition) is 7. The number of carboxylic acids is 1. The predicted octanol–water partition coefficient (Wildman–Crippen LogP) is 4.76. The summed E-state index contributed by atoms with van der Waals surface area (Å²) in [7, 11) is 0. The number of carbonyl (C=O) groups excluding carboxylic acids is 1. The molecule has 1 aliphatic heterocycles. The minimum atomic E-state index is -1.20. The molecule has 1 aromatic carbocycles. The van der Waals surface area contributed by atoms with Gasteiger partial charge in [-0.2, -0.15) is 0 Å². The van der Waals surface area contributed by atoms with Crippen LogP contribution in [0.25, 0.3) is 0 Å². The number of aromatic nitrogens is 2. The Kier molecular flexibility index (Phi) is 9.12. The summed E-state index contributed by atoms with van der Waals surface area (Å²) < 4.78 is 11.1. The quantitative estimate of drug-likeness (QED) is 0.509. The average Bonchev–Trinajstić information content (AvgIpc) is 2.82. The van der Waals surface area contributed by atoms with Crippen LogP contribution in [-0.2, 0) is 9.53 Å². The number of alkyl carbamates (subject to hydrolysis) is 1. The number of benzene rings is 1. The second-order valence-electron chi connectivity index (χ2n) is 10.5. The molecule has 1 amide bonds. The van der Waals surface area contributed by atoms with Crippen molar-refractivity contribution in [2.45, 2.75) is 65.5 Å². The molecule has 0 unspecified atom stereocenters. The minimum Gasteiger partial charge on any atom is -0.494 e. The summed E-state index contributed by atoms with van der Waals surface area (Å²) in [6, 6.07) is 5.56. The van der Waals surface area contributed by atoms with Gasteiger partial charge in [0, 0.05) is 25.5 Å². The second kappa shape index (κ2) is 12.1. The Balaban J connectivity index is 1.44. The first-order valence-corrected chi connectivity index (χ1v) is 12.5. The lowest BCUT2D eigenvalue weighted by molar-refractivity contribution is -0.139. The number of aliphatic carboxylic acids is 1. The zero-order valence-corrected chi connectivity index (χ0v) is 21.9. The molecule has 1 saturated heterocycles. The van der Waals surface area contributed by atoms with Crippen LogP contribution in [0, 0.1) is 18.8 Å². The lowest BCUT2D eigenvalue weighted by Crippen LogP contribution is -2.38. The van der Waals surface area contributed by atoms with Gasteiger partial charge in [-0.25, -0.2) is 19.6 Å². The summed E-state index contributed by atoms with van der Waals surface area (Å²) in [5.41, 5.74) is 0.795. The standard InChI is InChI=1S/C27H38N4O5/c1-18-16-28-25(29-17-18)31-13-10-20(11-14-31)19(2)12-15-35-22-8-6-21(7-9-22)23(24(32)33)30-26(34)36-27(3,4)5/h6-9,16-17,19-20,23H,10-15H2,1-5H3,(H,30,34)(H,32,33)/t19-,23+/m1/s1. The fourth-order valence-electron chi connectivity index (χ4n) is 4.29. The summed E-state index contributed by atoms with van der Waals surface area (Å²) in [5, 5.41) is 12.0. The number of nitrogens with one attached hydrogen (secondary N) is 1. The number of piperidine rings is 1. The van der Waals surface area contributed by atoms with Crippen LogP contribution in [-0.4, -0.2) is 52.4 Å². The zero-order chi connectivity index (χ0) is 26.3. The maximum absolute atomic E-state index is 12.0. The molecule has 196 valence electrons. The Morgan fingerprint density at radius 2 is 1.75 bits per heavy atom. The highest BCUT2D eigenvalue weighted by Gasteiger charge is 2.26. The Bertz CT molecular complexity index is 996. The Morgan fingerprint density at radius 1 is 1.14 bits per heavy atom. The van der Waals surface area contributed by atoms with E-state index in [-0.39, 0.29) is 0 Å². The third-order valence-corrected chi connectivity index (χ3v) is 6.36. The molecule has 0 saturated carbocycles. The van der Waals surface area contributed by atoms with Crippen LogP contribution in [0.4, 0.5) is 10.7 Å². The van der Waals surface area contributed by atoms with E-state index in [2.05, 4.69) is 27.1 Å². The molecule has 0 bridgehead atoms. The first kappa shape index (κ1) is 27.2. The first-order valence-electron chi connectivity index (χ1n) is 12.5. The first-order chi connectivity index (χ1) is 17.0. The fourth-order valence-corrected chi connectivity index (χ4v) is 4.29. The number of rotatable bonds is 9. The molecule has 36 heavy (non-hydrogen) atoms. The smallest absolute Gasteiger partial charge is 0.408 e. The van der Waals surface area contributed by atoms with Crippen LogP contribution in [0.3, 0.4) is 0 Å². The molecule has 0 aliphatic carbocycles. The van der Waals surface area contributed by atoms with Gasteiger partial charge in [0.2, 0.25) is 5.95 Å². The van der Waals surface area contributed by atoms with Crippen LogP contribution >= 0.6 is 0 Å². The Morgan fingerprint density at radius 3 is 2.31 bits per heavy atom. The average molecular weight is 499 g/mol. The largest absolute Gasteiger partial charge is 0.494 e. The monoisotopic (exact) mass is 498 g/mol. The minimum absolute atomic E-state index is 0.443. The summed E-state index contributed by atoms with van der Waals surface area (Å²) in [6.07, 6.45) is 6.09. The maximum Gasteiger partial charge on any atom is 0.408 e. The number of aryl methyl sites for hydroxylation is 1. The molecular weight excluding hydrogens is 460 g/mol. The van der Waals surface area contributed by atoms with Gasteiger partial charge in [0.1, 0.15) is 11.4 Å². The number of nitrogens with zero attached hydrogens (tertiary/aromatic N) is 3. The maximum atomic E-state index is 12.0. The Labute approximate surface area is 213 Å². The molecule has 2 aromatic rings. The van der Waals surface area contributed by atoms with Gasteiger partial charge in [0.05, 0.1) is 6.61 Å². The van der Waals surface area contributed by atoms with Gasteiger partial charge in [-0.05, 0) is 82.1 Å². The number of carbonyl (C=O) groups is 2. The molecule has 1 aliphatic rings. The van der Waals surface area contributed by atoms with E-state index < -0.39 is 23.7 Å². The third-order valence-electron chi connectivity index (χ3n) is 6.36. The second-order valence-corrected chi connectivity index (χ2v) is 10.5. The van der Waals surface area contributed by atoms with Gasteiger partial charge in [0.25, 0.3) is 0 Å². The topological polar surface area (TPSA) is 114 Å². The van der Waals surface area contributed by atoms with Crippen molar-refractivity contribution in [3.63, 3.8) is 0 Å². The fraction of sp³-hybridized carbons (Fsp3) is 0.556. The van der Waals surface area contributed by atoms with Crippen LogP contribution < -0.4 is 15.0 Å². The van der Waals surface area contributed by atoms with Gasteiger partial charge >= 0.3 is 12.1 Å². The molecule has 2 atom stereocenters. The highest BCUT2D eigenvalue weighted by Crippen LogP contribution is 2.29. The molecule has 1 fully saturated rings. The van der Waals surface area contributed by atoms with Gasteiger partial charge < -0.3 is 24.8 Å². The van der Waals surface area contributed by atoms with Crippen LogP contribution in [0.1, 0.15) is 64.1 Å². The molecule has 0 spiro atoms. The van der Waals surface area contributed by atoms with E-state index >= 15 is 0 Å². The van der Waals surface area contributed by atoms with Crippen LogP contribution in [0.15, 0.2) is 36.7 Å². The van der Waals surface area contributed by atoms with Crippen LogP contribution in [0.2, 0.25) is 0 Å². The normalized spacial score (nSPS) is 16.2. The number of ether oxygens (including phenoxy) is 2. The number of amides is 1. The lowest BCUT2D eigenvalue weighted by Gasteiger charge is -2.35. The van der Waals surface area contributed by atoms with Crippen molar-refractivity contribution >= 4 is 18.0 Å². The van der Waals surface area contributed by atoms with Crippen molar-refractivity contribution in [1.82, 2.24) is 15.3 Å². The summed E-state index contributed by atoms with van der Waals surface area (Å²) in [4.78, 5) is 34.9. The van der Waals surface area contributed by atoms with E-state index in [9.17, 15) is 14.7 Å². The van der Waals surface area contributed by atoms with E-state index in [4.69, 9.17) is 9.47 Å². The van der Waals surface area contributed by atoms with E-state index in [0.717, 1.165) is 43.9 Å². The molecule has 9 nitrogen and oxygen atoms in total. The molecule has 2 N–H and O–H groups in total. The molecule has 1 aromatic heterocycles. The number of carboxylic acid groups (broad SMARTS) is 1. The SMILES string of the molecule is Cc1cnc(N2CCC([C@H](C)CCOc3ccc([C@H](NC(=O)OC(C)(C)C)C(=O)O)cc3)CC2)nc1. The van der Waals surface area contributed by atoms with E-state index in [0.29, 0.717) is 29.8 Å². The number of hydrogen-bond donors (Lipinski definition) is 2. The summed E-state index contributed by atoms with van der Waals surface area (Å²) in [6.45, 7) is 11.9. The molecule has 2 heterocycles. The van der Waals surface area contributed by atoms with E-state index in [1.54, 1.807) is 45.0 Å². The van der Waals surface area contributed by atoms with Crippen molar-refractivity contribution in [2.24, 2.45) is 11.8 Å². The molecular formula is C27H38N4O5. The van der Waals surface area contributed by atoms with Crippen molar-refractivity contribution < 1.29 is 24.2 Å². The molecule has 3 rings (SSSR count). The lowest BCUT2D eigenvalue weighted by atomic mass is 9.84. The van der Waals surface area contributed by atoms with E-state index in [1.807, 2.05) is 19.3 Å². The highest BCUT2D eigenvalue weighted by atomic mass is 16.6. The molecule has 9 heteroatoms. The van der Waals surface area contributed by atoms with Gasteiger partial charge in [-0.15, -0.1) is 0 Å². The third kappa shape index (κ3) is 8.10. The Hall–Kier alpha value is -3.36. The van der Waals surface area contributed by atoms with Crippen molar-refractivity contribution in [2.75, 3.05) is 24.6 Å². The van der Waals surface area contributed by atoms with Crippen molar-refractivity contribution in [3.8, 4) is 5.75 Å². The molecule has 0 radical (unpaired) electrons. The number of anilines is 1. The van der Waals surface area contributed by atoms with Gasteiger partial charge in [-0.1, -0.05) is 19.1 Å². The zero-order valence-electron chi connectivity index (χ0n) is 21.9. The van der Waals surface area contributed by atoms with Crippen molar-refractivity contribution in [3.05, 3.63) is 47.8 Å². The summed E-state index contributed by atoms with van der Waals surface area (Å²) in [5.74, 6) is 1.47. The van der Waals surface area contributed by atoms with Gasteiger partial charge in [0.15, 0.2) is 6.04 Å². The van der Waals surface area contributed by atoms with Gasteiger partial charge in [-0.3, -0.25) is 0 Å². The summed E-state index contributed by atoms with van der Waals surface area (Å²) >= 11 is 0. The predicted molar refractivity (Wildman–Crippen MR) is 137 cm³/mol. The van der Waals surface area contributed by atoms with Crippen molar-refractivity contribution in [1.29, 1.82) is 0 Å².